The summed E-state index contributed by atoms with van der Waals surface area (Å²) in [5, 5.41) is 1.70. The summed E-state index contributed by atoms with van der Waals surface area (Å²) in [7, 11) is 5.93. The fourth-order valence-electron chi connectivity index (χ4n) is 4.76. The fourth-order valence-corrected chi connectivity index (χ4v) is 5.69. The molecule has 0 spiro atoms. The molecule has 1 unspecified atom stereocenters. The zero-order valence-corrected chi connectivity index (χ0v) is 21.6. The van der Waals surface area contributed by atoms with Crippen molar-refractivity contribution in [2.75, 3.05) is 52.0 Å². The van der Waals surface area contributed by atoms with E-state index in [2.05, 4.69) is 41.0 Å². The maximum absolute atomic E-state index is 12.7. The van der Waals surface area contributed by atoms with E-state index in [4.69, 9.17) is 16.3 Å². The summed E-state index contributed by atoms with van der Waals surface area (Å²) in [6.07, 6.45) is 5.77. The van der Waals surface area contributed by atoms with Crippen molar-refractivity contribution in [2.24, 2.45) is 5.92 Å². The van der Waals surface area contributed by atoms with Crippen LogP contribution in [0.2, 0.25) is 5.02 Å². The number of nitrogens with zero attached hydrogens (tertiary/aromatic N) is 3. The normalized spacial score (nSPS) is 15.9. The van der Waals surface area contributed by atoms with Crippen molar-refractivity contribution < 1.29 is 9.29 Å². The highest BCUT2D eigenvalue weighted by molar-refractivity contribution is 7.90. The summed E-state index contributed by atoms with van der Waals surface area (Å²) < 4.78 is 18.2. The molecule has 33 heavy (non-hydrogen) atoms. The Morgan fingerprint density at radius 3 is 2.55 bits per heavy atom. The molecule has 0 N–H and O–H groups in total. The Labute approximate surface area is 204 Å². The second kappa shape index (κ2) is 10.1. The Morgan fingerprint density at radius 2 is 1.91 bits per heavy atom. The van der Waals surface area contributed by atoms with Gasteiger partial charge in [-0.15, -0.1) is 0 Å². The first-order valence-electron chi connectivity index (χ1n) is 11.3. The fraction of sp³-hybridized carbons (Fsp3) is 0.423. The minimum absolute atomic E-state index is 0.675. The molecule has 1 saturated heterocycles. The third-order valence-corrected chi connectivity index (χ3v) is 7.83. The first-order valence-corrected chi connectivity index (χ1v) is 13.2. The zero-order valence-electron chi connectivity index (χ0n) is 20.0. The quantitative estimate of drug-likeness (QED) is 0.438. The number of anilines is 1. The number of hydrogen-bond acceptors (Lipinski definition) is 5. The van der Waals surface area contributed by atoms with Crippen LogP contribution in [-0.2, 0) is 11.2 Å². The summed E-state index contributed by atoms with van der Waals surface area (Å²) in [4.78, 5) is 10.1. The monoisotopic (exact) mass is 485 g/mol. The number of pyridine rings is 1. The molecule has 0 saturated carbocycles. The topological polar surface area (TPSA) is 51.7 Å². The molecule has 176 valence electrons. The maximum Gasteiger partial charge on any atom is 0.194 e. The summed E-state index contributed by atoms with van der Waals surface area (Å²) >= 11 is 5.36. The van der Waals surface area contributed by atoms with Gasteiger partial charge in [-0.3, -0.25) is 4.98 Å². The summed E-state index contributed by atoms with van der Waals surface area (Å²) in [5.74, 6) is 1.46. The van der Waals surface area contributed by atoms with E-state index in [1.807, 2.05) is 25.1 Å². The second-order valence-electron chi connectivity index (χ2n) is 9.14. The van der Waals surface area contributed by atoms with Crippen LogP contribution in [0.15, 0.2) is 41.4 Å². The maximum atomic E-state index is 12.7. The number of ether oxygens (including phenoxy) is 1. The van der Waals surface area contributed by atoms with Gasteiger partial charge >= 0.3 is 0 Å². The predicted molar refractivity (Wildman–Crippen MR) is 139 cm³/mol. The molecule has 0 amide bonds. The van der Waals surface area contributed by atoms with Gasteiger partial charge in [0.2, 0.25) is 0 Å². The molecule has 1 aliphatic rings. The lowest BCUT2D eigenvalue weighted by Crippen LogP contribution is -2.37. The van der Waals surface area contributed by atoms with Crippen LogP contribution in [0.25, 0.3) is 22.0 Å². The van der Waals surface area contributed by atoms with E-state index in [1.165, 1.54) is 0 Å². The lowest BCUT2D eigenvalue weighted by molar-refractivity contribution is 0.285. The molecule has 5 nitrogen and oxygen atoms in total. The predicted octanol–water partition coefficient (Wildman–Crippen LogP) is 5.39. The Kier molecular flexibility index (Phi) is 7.39. The van der Waals surface area contributed by atoms with Gasteiger partial charge in [0, 0.05) is 35.6 Å². The van der Waals surface area contributed by atoms with E-state index in [1.54, 1.807) is 19.6 Å². The Morgan fingerprint density at radius 1 is 1.18 bits per heavy atom. The standard InChI is InChI=1S/C26H32ClN3O2S/c1-17-22(27)13-20(14-24(17)32-4)19-6-7-23-21(12-19)26(25(15-28-23)33(5)31)30-10-8-18(9-11-30)16-29(2)3/h6-7,12-15,18H,8-11,16H2,1-5H3. The van der Waals surface area contributed by atoms with Gasteiger partial charge in [0.15, 0.2) is 4.90 Å². The Hall–Kier alpha value is -1.99. The lowest BCUT2D eigenvalue weighted by Gasteiger charge is -2.35. The van der Waals surface area contributed by atoms with Crippen LogP contribution in [0.3, 0.4) is 0 Å². The number of aromatic nitrogens is 1. The average Bonchev–Trinajstić information content (AvgIpc) is 2.79. The van der Waals surface area contributed by atoms with Gasteiger partial charge in [-0.25, -0.2) is 0 Å². The third kappa shape index (κ3) is 5.09. The van der Waals surface area contributed by atoms with Crippen molar-refractivity contribution in [3.8, 4) is 16.9 Å². The van der Waals surface area contributed by atoms with E-state index in [9.17, 15) is 4.55 Å². The van der Waals surface area contributed by atoms with Crippen molar-refractivity contribution in [3.05, 3.63) is 47.1 Å². The van der Waals surface area contributed by atoms with Crippen molar-refractivity contribution in [3.63, 3.8) is 0 Å². The molecule has 0 radical (unpaired) electrons. The molecular weight excluding hydrogens is 454 g/mol. The molecule has 7 heteroatoms. The first-order chi connectivity index (χ1) is 15.8. The van der Waals surface area contributed by atoms with Crippen LogP contribution < -0.4 is 9.64 Å². The van der Waals surface area contributed by atoms with Crippen LogP contribution in [0.1, 0.15) is 18.4 Å². The number of hydrogen-bond donors (Lipinski definition) is 0. The second-order valence-corrected chi connectivity index (χ2v) is 10.9. The summed E-state index contributed by atoms with van der Waals surface area (Å²) in [5.41, 5.74) is 4.91. The Bertz CT molecular complexity index is 1140. The van der Waals surface area contributed by atoms with Crippen LogP contribution in [-0.4, -0.2) is 61.5 Å². The van der Waals surface area contributed by atoms with Crippen LogP contribution >= 0.6 is 11.6 Å². The molecule has 1 atom stereocenters. The van der Waals surface area contributed by atoms with E-state index in [-0.39, 0.29) is 0 Å². The van der Waals surface area contributed by atoms with Crippen LogP contribution in [0, 0.1) is 12.8 Å². The summed E-state index contributed by atoms with van der Waals surface area (Å²) in [6, 6.07) is 10.2. The van der Waals surface area contributed by atoms with Crippen molar-refractivity contribution >= 4 is 39.4 Å². The molecule has 1 fully saturated rings. The van der Waals surface area contributed by atoms with Gasteiger partial charge in [0.1, 0.15) is 17.7 Å². The molecule has 3 aromatic rings. The highest BCUT2D eigenvalue weighted by Crippen LogP contribution is 2.39. The lowest BCUT2D eigenvalue weighted by atomic mass is 9.95. The van der Waals surface area contributed by atoms with Crippen molar-refractivity contribution in [2.45, 2.75) is 24.7 Å². The SMILES string of the molecule is COc1cc(-c2ccc3ncc([S+](C)[O-])c(N4CCC(CN(C)C)CC4)c3c2)cc(Cl)c1C. The smallest absolute Gasteiger partial charge is 0.194 e. The molecule has 1 aromatic heterocycles. The molecule has 4 rings (SSSR count). The number of piperidine rings is 1. The molecular formula is C26H32ClN3O2S. The molecule has 2 aromatic carbocycles. The van der Waals surface area contributed by atoms with Gasteiger partial charge in [-0.2, -0.15) is 0 Å². The highest BCUT2D eigenvalue weighted by atomic mass is 35.5. The van der Waals surface area contributed by atoms with Gasteiger partial charge < -0.3 is 19.1 Å². The largest absolute Gasteiger partial charge is 0.612 e. The molecule has 2 heterocycles. The van der Waals surface area contributed by atoms with E-state index in [0.717, 1.165) is 76.4 Å². The minimum atomic E-state index is -1.13. The molecule has 0 aliphatic carbocycles. The van der Waals surface area contributed by atoms with Gasteiger partial charge in [-0.1, -0.05) is 17.7 Å². The number of halogens is 1. The van der Waals surface area contributed by atoms with Crippen LogP contribution in [0.4, 0.5) is 5.69 Å². The highest BCUT2D eigenvalue weighted by Gasteiger charge is 2.27. The zero-order chi connectivity index (χ0) is 23.7. The number of fused-ring (bicyclic) bond motifs is 1. The van der Waals surface area contributed by atoms with Crippen molar-refractivity contribution in [1.82, 2.24) is 9.88 Å². The molecule has 1 aliphatic heterocycles. The van der Waals surface area contributed by atoms with Crippen LogP contribution in [0.5, 0.6) is 5.75 Å². The average molecular weight is 486 g/mol. The third-order valence-electron chi connectivity index (χ3n) is 6.52. The van der Waals surface area contributed by atoms with Gasteiger partial charge in [0.05, 0.1) is 18.8 Å². The van der Waals surface area contributed by atoms with Crippen molar-refractivity contribution in [1.29, 1.82) is 0 Å². The number of rotatable bonds is 6. The van der Waals surface area contributed by atoms with E-state index in [0.29, 0.717) is 10.9 Å². The first kappa shape index (κ1) is 24.1. The van der Waals surface area contributed by atoms with E-state index < -0.39 is 11.2 Å². The number of benzene rings is 2. The van der Waals surface area contributed by atoms with Gasteiger partial charge in [0.25, 0.3) is 0 Å². The van der Waals surface area contributed by atoms with Gasteiger partial charge in [-0.05, 0) is 86.3 Å². The minimum Gasteiger partial charge on any atom is -0.612 e. The molecule has 0 bridgehead atoms. The number of methoxy groups -OCH3 is 1. The summed E-state index contributed by atoms with van der Waals surface area (Å²) in [6.45, 7) is 4.97. The van der Waals surface area contributed by atoms with E-state index >= 15 is 0 Å². The Balaban J connectivity index is 1.79.